The summed E-state index contributed by atoms with van der Waals surface area (Å²) in [5.74, 6) is 1.08. The maximum Gasteiger partial charge on any atom is 0.231 e. The first-order chi connectivity index (χ1) is 13.2. The Balaban J connectivity index is 1.48. The fraction of sp³-hybridized carbons (Fsp3) is 0.333. The highest BCUT2D eigenvalue weighted by atomic mass is 19.1. The van der Waals surface area contributed by atoms with Gasteiger partial charge in [-0.3, -0.25) is 4.90 Å². The van der Waals surface area contributed by atoms with E-state index in [1.165, 1.54) is 17.2 Å². The van der Waals surface area contributed by atoms with Crippen LogP contribution in [0.3, 0.4) is 0 Å². The zero-order chi connectivity index (χ0) is 18.6. The second kappa shape index (κ2) is 7.98. The third-order valence-corrected chi connectivity index (χ3v) is 5.05. The number of nitrogens with zero attached hydrogens (tertiary/aromatic N) is 3. The van der Waals surface area contributed by atoms with Gasteiger partial charge in [-0.2, -0.15) is 4.98 Å². The van der Waals surface area contributed by atoms with Gasteiger partial charge in [-0.05, 0) is 35.7 Å². The summed E-state index contributed by atoms with van der Waals surface area (Å²) in [7, 11) is 0. The first-order valence-electron chi connectivity index (χ1n) is 9.25. The van der Waals surface area contributed by atoms with Gasteiger partial charge in [0.1, 0.15) is 5.82 Å². The maximum atomic E-state index is 13.6. The van der Waals surface area contributed by atoms with Crippen LogP contribution in [-0.2, 0) is 13.0 Å². The lowest BCUT2D eigenvalue weighted by Gasteiger charge is -2.35. The van der Waals surface area contributed by atoms with Crippen molar-refractivity contribution in [2.75, 3.05) is 19.6 Å². The van der Waals surface area contributed by atoms with Gasteiger partial charge in [0.25, 0.3) is 0 Å². The molecule has 5 nitrogen and oxygen atoms in total. The summed E-state index contributed by atoms with van der Waals surface area (Å²) in [4.78, 5) is 6.84. The van der Waals surface area contributed by atoms with Crippen molar-refractivity contribution in [1.82, 2.24) is 20.4 Å². The van der Waals surface area contributed by atoms with Crippen molar-refractivity contribution < 1.29 is 8.91 Å². The third kappa shape index (κ3) is 4.23. The van der Waals surface area contributed by atoms with E-state index >= 15 is 0 Å². The van der Waals surface area contributed by atoms with Crippen LogP contribution in [0.1, 0.15) is 34.4 Å². The minimum Gasteiger partial charge on any atom is -0.339 e. The standard InChI is InChI=1S/C21H23FN4O/c1-15-5-2-3-6-16(15)12-21-24-20(25-27-21)14-26-10-9-23-13-19(26)17-7-4-8-18(22)11-17/h2-8,11,19,23H,9-10,12-14H2,1H3. The van der Waals surface area contributed by atoms with E-state index in [-0.39, 0.29) is 11.9 Å². The quantitative estimate of drug-likeness (QED) is 0.751. The van der Waals surface area contributed by atoms with Crippen LogP contribution >= 0.6 is 0 Å². The molecule has 1 aliphatic rings. The van der Waals surface area contributed by atoms with E-state index in [1.54, 1.807) is 12.1 Å². The van der Waals surface area contributed by atoms with E-state index in [2.05, 4.69) is 39.4 Å². The van der Waals surface area contributed by atoms with Crippen LogP contribution < -0.4 is 5.32 Å². The third-order valence-electron chi connectivity index (χ3n) is 5.05. The summed E-state index contributed by atoms with van der Waals surface area (Å²) in [6, 6.07) is 15.1. The lowest BCUT2D eigenvalue weighted by Crippen LogP contribution is -2.45. The molecule has 3 aromatic rings. The minimum absolute atomic E-state index is 0.0905. The molecule has 1 atom stereocenters. The number of aromatic nitrogens is 2. The Hall–Kier alpha value is -2.57. The second-order valence-corrected chi connectivity index (χ2v) is 6.95. The Morgan fingerprint density at radius 3 is 2.96 bits per heavy atom. The Morgan fingerprint density at radius 2 is 2.11 bits per heavy atom. The van der Waals surface area contributed by atoms with Crippen molar-refractivity contribution in [1.29, 1.82) is 0 Å². The summed E-state index contributed by atoms with van der Waals surface area (Å²) < 4.78 is 19.1. The first-order valence-corrected chi connectivity index (χ1v) is 9.25. The Morgan fingerprint density at radius 1 is 1.22 bits per heavy atom. The fourth-order valence-electron chi connectivity index (χ4n) is 3.56. The Kier molecular flexibility index (Phi) is 5.27. The van der Waals surface area contributed by atoms with Crippen molar-refractivity contribution in [3.63, 3.8) is 0 Å². The van der Waals surface area contributed by atoms with Gasteiger partial charge in [-0.1, -0.05) is 41.6 Å². The molecule has 2 aromatic carbocycles. The Bertz CT molecular complexity index is 910. The summed E-state index contributed by atoms with van der Waals surface area (Å²) in [5, 5.41) is 7.54. The molecule has 4 rings (SSSR count). The van der Waals surface area contributed by atoms with E-state index < -0.39 is 0 Å². The normalized spacial score (nSPS) is 17.9. The number of hydrogen-bond donors (Lipinski definition) is 1. The lowest BCUT2D eigenvalue weighted by atomic mass is 10.0. The molecule has 0 aliphatic carbocycles. The molecule has 1 aliphatic heterocycles. The largest absolute Gasteiger partial charge is 0.339 e. The van der Waals surface area contributed by atoms with E-state index in [9.17, 15) is 4.39 Å². The molecule has 0 radical (unpaired) electrons. The predicted octanol–water partition coefficient (Wildman–Crippen LogP) is 3.25. The topological polar surface area (TPSA) is 54.2 Å². The van der Waals surface area contributed by atoms with Crippen molar-refractivity contribution in [2.45, 2.75) is 25.9 Å². The number of piperazine rings is 1. The van der Waals surface area contributed by atoms with Gasteiger partial charge in [0.2, 0.25) is 5.89 Å². The minimum atomic E-state index is -0.210. The second-order valence-electron chi connectivity index (χ2n) is 6.95. The van der Waals surface area contributed by atoms with Crippen LogP contribution in [0, 0.1) is 12.7 Å². The zero-order valence-electron chi connectivity index (χ0n) is 15.4. The van der Waals surface area contributed by atoms with E-state index in [1.807, 2.05) is 18.2 Å². The van der Waals surface area contributed by atoms with Gasteiger partial charge in [-0.25, -0.2) is 4.39 Å². The number of aryl methyl sites for hydroxylation is 1. The van der Waals surface area contributed by atoms with Crippen molar-refractivity contribution in [2.24, 2.45) is 0 Å². The summed E-state index contributed by atoms with van der Waals surface area (Å²) >= 11 is 0. The Labute approximate surface area is 158 Å². The molecule has 1 saturated heterocycles. The number of rotatable bonds is 5. The molecule has 0 spiro atoms. The zero-order valence-corrected chi connectivity index (χ0v) is 15.4. The molecule has 0 amide bonds. The van der Waals surface area contributed by atoms with Gasteiger partial charge in [0.15, 0.2) is 5.82 Å². The van der Waals surface area contributed by atoms with Gasteiger partial charge < -0.3 is 9.84 Å². The molecular formula is C21H23FN4O. The van der Waals surface area contributed by atoms with Crippen LogP contribution in [0.2, 0.25) is 0 Å². The molecule has 0 saturated carbocycles. The molecule has 1 fully saturated rings. The number of benzene rings is 2. The highest BCUT2D eigenvalue weighted by molar-refractivity contribution is 5.27. The molecule has 1 unspecified atom stereocenters. The predicted molar refractivity (Wildman–Crippen MR) is 101 cm³/mol. The molecule has 1 aromatic heterocycles. The van der Waals surface area contributed by atoms with Crippen LogP contribution in [0.15, 0.2) is 53.1 Å². The van der Waals surface area contributed by atoms with Crippen molar-refractivity contribution >= 4 is 0 Å². The summed E-state index contributed by atoms with van der Waals surface area (Å²) in [6.07, 6.45) is 0.633. The van der Waals surface area contributed by atoms with Gasteiger partial charge in [0.05, 0.1) is 13.0 Å². The maximum absolute atomic E-state index is 13.6. The molecule has 6 heteroatoms. The number of halogens is 1. The van der Waals surface area contributed by atoms with Crippen LogP contribution in [0.5, 0.6) is 0 Å². The highest BCUT2D eigenvalue weighted by Crippen LogP contribution is 2.24. The summed E-state index contributed by atoms with van der Waals surface area (Å²) in [5.41, 5.74) is 3.36. The number of nitrogens with one attached hydrogen (secondary N) is 1. The van der Waals surface area contributed by atoms with E-state index in [0.29, 0.717) is 24.7 Å². The SMILES string of the molecule is Cc1ccccc1Cc1nc(CN2CCNCC2c2cccc(F)c2)no1. The molecular weight excluding hydrogens is 343 g/mol. The molecule has 1 N–H and O–H groups in total. The van der Waals surface area contributed by atoms with Crippen molar-refractivity contribution in [3.05, 3.63) is 82.8 Å². The van der Waals surface area contributed by atoms with Crippen LogP contribution in [-0.4, -0.2) is 34.7 Å². The molecule has 140 valence electrons. The highest BCUT2D eigenvalue weighted by Gasteiger charge is 2.25. The fourth-order valence-corrected chi connectivity index (χ4v) is 3.56. The van der Waals surface area contributed by atoms with Gasteiger partial charge in [0, 0.05) is 25.7 Å². The number of hydrogen-bond acceptors (Lipinski definition) is 5. The van der Waals surface area contributed by atoms with Crippen molar-refractivity contribution in [3.8, 4) is 0 Å². The smallest absolute Gasteiger partial charge is 0.231 e. The average Bonchev–Trinajstić information content (AvgIpc) is 3.11. The average molecular weight is 366 g/mol. The first kappa shape index (κ1) is 17.8. The molecule has 0 bridgehead atoms. The van der Waals surface area contributed by atoms with E-state index in [0.717, 1.165) is 25.2 Å². The molecule has 2 heterocycles. The van der Waals surface area contributed by atoms with E-state index in [4.69, 9.17) is 4.52 Å². The monoisotopic (exact) mass is 366 g/mol. The van der Waals surface area contributed by atoms with Crippen LogP contribution in [0.25, 0.3) is 0 Å². The van der Waals surface area contributed by atoms with Gasteiger partial charge >= 0.3 is 0 Å². The molecule has 27 heavy (non-hydrogen) atoms. The van der Waals surface area contributed by atoms with Crippen LogP contribution in [0.4, 0.5) is 4.39 Å². The summed E-state index contributed by atoms with van der Waals surface area (Å²) in [6.45, 7) is 5.18. The lowest BCUT2D eigenvalue weighted by molar-refractivity contribution is 0.148. The van der Waals surface area contributed by atoms with Gasteiger partial charge in [-0.15, -0.1) is 0 Å².